The van der Waals surface area contributed by atoms with E-state index in [2.05, 4.69) is 15.7 Å². The highest BCUT2D eigenvalue weighted by atomic mass is 16.5. The van der Waals surface area contributed by atoms with Crippen LogP contribution in [0, 0.1) is 6.92 Å². The number of rotatable bonds is 7. The molecule has 1 aromatic heterocycles. The quantitative estimate of drug-likeness (QED) is 0.576. The molecule has 160 valence electrons. The second-order valence-electron chi connectivity index (χ2n) is 7.58. The molecular weight excluding hydrogens is 392 g/mol. The Morgan fingerprint density at radius 3 is 2.77 bits per heavy atom. The van der Waals surface area contributed by atoms with Crippen molar-refractivity contribution in [1.29, 1.82) is 0 Å². The Morgan fingerprint density at radius 1 is 1.19 bits per heavy atom. The second kappa shape index (κ2) is 9.04. The van der Waals surface area contributed by atoms with Crippen LogP contribution in [0.1, 0.15) is 40.5 Å². The fourth-order valence-electron chi connectivity index (χ4n) is 3.69. The number of fused-ring (bicyclic) bond motifs is 1. The lowest BCUT2D eigenvalue weighted by Crippen LogP contribution is -2.28. The first-order valence-electron chi connectivity index (χ1n) is 10.5. The van der Waals surface area contributed by atoms with Crippen LogP contribution in [0.3, 0.4) is 0 Å². The molecule has 7 nitrogen and oxygen atoms in total. The summed E-state index contributed by atoms with van der Waals surface area (Å²) in [5.74, 6) is 0.610. The number of carbonyl (C=O) groups is 2. The van der Waals surface area contributed by atoms with Gasteiger partial charge in [0.25, 0.3) is 5.91 Å². The summed E-state index contributed by atoms with van der Waals surface area (Å²) in [7, 11) is 0. The molecule has 2 aromatic carbocycles. The predicted octanol–water partition coefficient (Wildman–Crippen LogP) is 3.44. The monoisotopic (exact) mass is 418 g/mol. The SMILES string of the molecule is CCc1c(C(=O)NCCOc2ccc3c(c2)CCC(=O)N3)cnn1-c1ccc(C)cc1. The van der Waals surface area contributed by atoms with Crippen molar-refractivity contribution in [2.45, 2.75) is 33.1 Å². The topological polar surface area (TPSA) is 85.2 Å². The maximum Gasteiger partial charge on any atom is 0.254 e. The van der Waals surface area contributed by atoms with Crippen molar-refractivity contribution in [3.63, 3.8) is 0 Å². The van der Waals surface area contributed by atoms with Crippen molar-refractivity contribution in [2.75, 3.05) is 18.5 Å². The van der Waals surface area contributed by atoms with Crippen LogP contribution in [-0.4, -0.2) is 34.7 Å². The summed E-state index contributed by atoms with van der Waals surface area (Å²) in [6, 6.07) is 13.7. The molecule has 2 heterocycles. The van der Waals surface area contributed by atoms with Crippen molar-refractivity contribution in [1.82, 2.24) is 15.1 Å². The number of hydrogen-bond acceptors (Lipinski definition) is 4. The Morgan fingerprint density at radius 2 is 2.00 bits per heavy atom. The highest BCUT2D eigenvalue weighted by Gasteiger charge is 2.17. The van der Waals surface area contributed by atoms with Gasteiger partial charge in [-0.2, -0.15) is 5.10 Å². The molecule has 4 rings (SSSR count). The number of hydrogen-bond donors (Lipinski definition) is 2. The molecule has 0 unspecified atom stereocenters. The summed E-state index contributed by atoms with van der Waals surface area (Å²) in [5.41, 5.74) is 5.47. The molecule has 1 aliphatic heterocycles. The van der Waals surface area contributed by atoms with Crippen molar-refractivity contribution in [3.8, 4) is 11.4 Å². The molecule has 2 amide bonds. The van der Waals surface area contributed by atoms with Gasteiger partial charge in [-0.3, -0.25) is 9.59 Å². The average molecular weight is 418 g/mol. The molecule has 31 heavy (non-hydrogen) atoms. The van der Waals surface area contributed by atoms with Crippen molar-refractivity contribution < 1.29 is 14.3 Å². The Hall–Kier alpha value is -3.61. The molecule has 0 aliphatic carbocycles. The summed E-state index contributed by atoms with van der Waals surface area (Å²) in [5, 5.41) is 10.2. The Bertz CT molecular complexity index is 1100. The zero-order valence-corrected chi connectivity index (χ0v) is 17.8. The van der Waals surface area contributed by atoms with Gasteiger partial charge in [0.05, 0.1) is 29.7 Å². The van der Waals surface area contributed by atoms with Gasteiger partial charge in [0.15, 0.2) is 0 Å². The van der Waals surface area contributed by atoms with Gasteiger partial charge >= 0.3 is 0 Å². The highest BCUT2D eigenvalue weighted by molar-refractivity contribution is 5.95. The molecule has 1 aliphatic rings. The first-order valence-corrected chi connectivity index (χ1v) is 10.5. The number of nitrogens with zero attached hydrogens (tertiary/aromatic N) is 2. The van der Waals surface area contributed by atoms with Crippen LogP contribution in [0.4, 0.5) is 5.69 Å². The first-order chi connectivity index (χ1) is 15.0. The maximum absolute atomic E-state index is 12.7. The lowest BCUT2D eigenvalue weighted by Gasteiger charge is -2.17. The van der Waals surface area contributed by atoms with Gasteiger partial charge in [-0.05, 0) is 55.7 Å². The average Bonchev–Trinajstić information content (AvgIpc) is 3.21. The standard InChI is InChI=1S/C24H26N4O3/c1-3-22-20(15-26-28(22)18-7-4-16(2)5-8-18)24(30)25-12-13-31-19-9-10-21-17(14-19)6-11-23(29)27-21/h4-5,7-10,14-15H,3,6,11-13H2,1-2H3,(H,25,30)(H,27,29). The van der Waals surface area contributed by atoms with E-state index in [-0.39, 0.29) is 11.8 Å². The number of aryl methyl sites for hydroxylation is 2. The largest absolute Gasteiger partial charge is 0.492 e. The van der Waals surface area contributed by atoms with Gasteiger partial charge in [0.1, 0.15) is 12.4 Å². The third-order valence-corrected chi connectivity index (χ3v) is 5.36. The van der Waals surface area contributed by atoms with E-state index in [9.17, 15) is 9.59 Å². The Kier molecular flexibility index (Phi) is 6.02. The number of benzene rings is 2. The summed E-state index contributed by atoms with van der Waals surface area (Å²) < 4.78 is 7.60. The molecule has 0 saturated carbocycles. The smallest absolute Gasteiger partial charge is 0.254 e. The minimum Gasteiger partial charge on any atom is -0.492 e. The number of nitrogens with one attached hydrogen (secondary N) is 2. The van der Waals surface area contributed by atoms with Gasteiger partial charge in [-0.25, -0.2) is 4.68 Å². The third kappa shape index (κ3) is 4.60. The van der Waals surface area contributed by atoms with E-state index < -0.39 is 0 Å². The first kappa shape index (κ1) is 20.7. The molecule has 0 radical (unpaired) electrons. The van der Waals surface area contributed by atoms with Gasteiger partial charge in [0, 0.05) is 12.1 Å². The van der Waals surface area contributed by atoms with E-state index in [1.165, 1.54) is 5.56 Å². The number of amides is 2. The molecule has 2 N–H and O–H groups in total. The molecule has 3 aromatic rings. The van der Waals surface area contributed by atoms with E-state index in [0.717, 1.165) is 28.4 Å². The van der Waals surface area contributed by atoms with Crippen molar-refractivity contribution >= 4 is 17.5 Å². The molecule has 0 bridgehead atoms. The van der Waals surface area contributed by atoms with Gasteiger partial charge in [-0.15, -0.1) is 0 Å². The van der Waals surface area contributed by atoms with Crippen molar-refractivity contribution in [3.05, 3.63) is 71.0 Å². The number of aromatic nitrogens is 2. The minimum absolute atomic E-state index is 0.0426. The van der Waals surface area contributed by atoms with Crippen LogP contribution < -0.4 is 15.4 Å². The Labute approximate surface area is 181 Å². The van der Waals surface area contributed by atoms with Gasteiger partial charge in [0.2, 0.25) is 5.91 Å². The lowest BCUT2D eigenvalue weighted by molar-refractivity contribution is -0.116. The molecule has 0 saturated heterocycles. The third-order valence-electron chi connectivity index (χ3n) is 5.36. The maximum atomic E-state index is 12.7. The summed E-state index contributed by atoms with van der Waals surface area (Å²) in [6.07, 6.45) is 3.51. The molecule has 7 heteroatoms. The number of carbonyl (C=O) groups excluding carboxylic acids is 2. The Balaban J connectivity index is 1.34. The second-order valence-corrected chi connectivity index (χ2v) is 7.58. The molecule has 0 atom stereocenters. The van der Waals surface area contributed by atoms with E-state index in [4.69, 9.17) is 4.74 Å². The van der Waals surface area contributed by atoms with Crippen LogP contribution in [0.2, 0.25) is 0 Å². The predicted molar refractivity (Wildman–Crippen MR) is 119 cm³/mol. The van der Waals surface area contributed by atoms with Crippen LogP contribution in [0.25, 0.3) is 5.69 Å². The van der Waals surface area contributed by atoms with Crippen LogP contribution in [0.5, 0.6) is 5.75 Å². The highest BCUT2D eigenvalue weighted by Crippen LogP contribution is 2.26. The normalized spacial score (nSPS) is 12.8. The van der Waals surface area contributed by atoms with E-state index >= 15 is 0 Å². The van der Waals surface area contributed by atoms with Crippen LogP contribution >= 0.6 is 0 Å². The number of ether oxygens (including phenoxy) is 1. The minimum atomic E-state index is -0.160. The fourth-order valence-corrected chi connectivity index (χ4v) is 3.69. The van der Waals surface area contributed by atoms with E-state index in [1.807, 2.05) is 61.0 Å². The summed E-state index contributed by atoms with van der Waals surface area (Å²) >= 11 is 0. The molecular formula is C24H26N4O3. The van der Waals surface area contributed by atoms with E-state index in [1.54, 1.807) is 6.20 Å². The summed E-state index contributed by atoms with van der Waals surface area (Å²) in [4.78, 5) is 24.2. The summed E-state index contributed by atoms with van der Waals surface area (Å²) in [6.45, 7) is 4.78. The van der Waals surface area contributed by atoms with Crippen molar-refractivity contribution in [2.24, 2.45) is 0 Å². The molecule has 0 fully saturated rings. The molecule has 0 spiro atoms. The zero-order valence-electron chi connectivity index (χ0n) is 17.8. The van der Waals surface area contributed by atoms with E-state index in [0.29, 0.717) is 38.0 Å². The van der Waals surface area contributed by atoms with Gasteiger partial charge in [-0.1, -0.05) is 24.6 Å². The van der Waals surface area contributed by atoms with Crippen LogP contribution in [0.15, 0.2) is 48.7 Å². The van der Waals surface area contributed by atoms with Crippen LogP contribution in [-0.2, 0) is 17.6 Å². The fraction of sp³-hybridized carbons (Fsp3) is 0.292. The number of anilines is 1. The van der Waals surface area contributed by atoms with Gasteiger partial charge < -0.3 is 15.4 Å². The lowest BCUT2D eigenvalue weighted by atomic mass is 10.0. The zero-order chi connectivity index (χ0) is 21.8.